The van der Waals surface area contributed by atoms with E-state index in [0.29, 0.717) is 32.3 Å². The number of sulfonamides is 2. The number of carbonyl (C=O) groups excluding carboxylic acids is 2. The van der Waals surface area contributed by atoms with Gasteiger partial charge in [-0.1, -0.05) is 47.5 Å². The van der Waals surface area contributed by atoms with Crippen LogP contribution in [-0.2, 0) is 47.0 Å². The summed E-state index contributed by atoms with van der Waals surface area (Å²) in [6.45, 7) is -0.664. The van der Waals surface area contributed by atoms with Crippen molar-refractivity contribution in [3.8, 4) is 11.5 Å². The zero-order valence-electron chi connectivity index (χ0n) is 32.1. The number of anilines is 2. The second-order valence-corrected chi connectivity index (χ2v) is 17.4. The molecule has 22 heteroatoms. The summed E-state index contributed by atoms with van der Waals surface area (Å²) in [5, 5.41) is 46.6. The third-order valence-electron chi connectivity index (χ3n) is 8.59. The molecule has 0 unspecified atom stereocenters. The van der Waals surface area contributed by atoms with Crippen molar-refractivity contribution in [2.24, 2.45) is 10.2 Å². The minimum absolute atomic E-state index is 0. The fraction of sp³-hybridized carbons (Fsp3) is 0.158. The summed E-state index contributed by atoms with van der Waals surface area (Å²) in [6.07, 6.45) is 5.60. The van der Waals surface area contributed by atoms with Gasteiger partial charge in [0, 0.05) is 65.7 Å². The van der Waals surface area contributed by atoms with Crippen LogP contribution in [-0.4, -0.2) is 109 Å². The Hall–Kier alpha value is -3.91. The van der Waals surface area contributed by atoms with Gasteiger partial charge in [-0.3, -0.25) is 20.4 Å². The van der Waals surface area contributed by atoms with Crippen LogP contribution in [0.5, 0.6) is 11.5 Å². The van der Waals surface area contributed by atoms with Gasteiger partial charge in [0.25, 0.3) is 0 Å². The zero-order valence-corrected chi connectivity index (χ0v) is 38.5. The predicted octanol–water partition coefficient (Wildman–Crippen LogP) is 1.14. The van der Waals surface area contributed by atoms with Crippen molar-refractivity contribution < 1.29 is 93.8 Å². The minimum atomic E-state index is -3.78. The zero-order chi connectivity index (χ0) is 42.4. The number of aliphatic hydroxyl groups is 2. The Balaban J connectivity index is 0.000000310. The number of rotatable bonds is 12. The van der Waals surface area contributed by atoms with E-state index in [0.717, 1.165) is 8.61 Å². The van der Waals surface area contributed by atoms with E-state index >= 15 is 0 Å². The van der Waals surface area contributed by atoms with Crippen LogP contribution in [0.3, 0.4) is 0 Å². The molecule has 0 spiro atoms. The average Bonchev–Trinajstić information content (AvgIpc) is 3.19. The molecule has 4 aromatic carbocycles. The molecule has 4 aromatic rings. The molecule has 2 aliphatic rings. The van der Waals surface area contributed by atoms with Gasteiger partial charge in [-0.15, -0.1) is 0 Å². The van der Waals surface area contributed by atoms with E-state index in [1.54, 1.807) is 0 Å². The first kappa shape index (κ1) is 50.4. The Labute approximate surface area is 389 Å². The molecule has 0 fully saturated rings. The van der Waals surface area contributed by atoms with Crippen molar-refractivity contribution in [2.75, 3.05) is 51.3 Å². The van der Waals surface area contributed by atoms with Crippen molar-refractivity contribution in [1.82, 2.24) is 8.61 Å². The van der Waals surface area contributed by atoms with Crippen LogP contribution in [0.4, 0.5) is 11.4 Å². The van der Waals surface area contributed by atoms with Gasteiger partial charge < -0.3 is 20.4 Å². The third-order valence-corrected chi connectivity index (χ3v) is 12.8. The number of likely N-dealkylation sites (N-methyl/N-ethyl adjacent to an activating group) is 2. The molecule has 0 heterocycles. The summed E-state index contributed by atoms with van der Waals surface area (Å²) in [6, 6.07) is 17.3. The van der Waals surface area contributed by atoms with E-state index in [1.165, 1.54) is 111 Å². The van der Waals surface area contributed by atoms with E-state index in [-0.39, 0.29) is 129 Å². The van der Waals surface area contributed by atoms with E-state index < -0.39 is 20.0 Å². The van der Waals surface area contributed by atoms with Crippen LogP contribution in [0.2, 0.25) is 10.0 Å². The number of phenolic OH excluding ortho intramolecular Hbond substituents is 2. The second kappa shape index (κ2) is 21.7. The van der Waals surface area contributed by atoms with Gasteiger partial charge in [-0.2, -0.15) is 18.8 Å². The Morgan fingerprint density at radius 2 is 0.967 bits per heavy atom. The molecule has 6 rings (SSSR count). The van der Waals surface area contributed by atoms with Crippen molar-refractivity contribution in [3.05, 3.63) is 117 Å². The average molecular weight is 947 g/mol. The number of fused-ring (bicyclic) bond motifs is 2. The molecule has 0 radical (unpaired) electrons. The fourth-order valence-corrected chi connectivity index (χ4v) is 8.14. The van der Waals surface area contributed by atoms with E-state index in [4.69, 9.17) is 33.4 Å². The number of hydrazone groups is 2. The molecule has 6 N–H and O–H groups in total. The summed E-state index contributed by atoms with van der Waals surface area (Å²) in [4.78, 5) is 24.7. The second-order valence-electron chi connectivity index (χ2n) is 12.5. The maximum atomic E-state index is 12.6. The largest absolute Gasteiger partial charge is 1.00 e. The van der Waals surface area contributed by atoms with E-state index in [2.05, 4.69) is 21.1 Å². The third kappa shape index (κ3) is 11.7. The molecule has 0 saturated carbocycles. The summed E-state index contributed by atoms with van der Waals surface area (Å²) in [5.74, 6) is -0.934. The van der Waals surface area contributed by atoms with Gasteiger partial charge in [-0.05, 0) is 83.9 Å². The molecular weight excluding hydrogens is 910 g/mol. The molecule has 0 atom stereocenters. The number of carbonyl (C=O) groups is 2. The summed E-state index contributed by atoms with van der Waals surface area (Å²) in [5.41, 5.74) is 7.69. The van der Waals surface area contributed by atoms with Crippen molar-refractivity contribution in [2.45, 2.75) is 9.79 Å². The van der Waals surface area contributed by atoms with Crippen LogP contribution < -0.4 is 40.4 Å². The van der Waals surface area contributed by atoms with Gasteiger partial charge in [0.1, 0.15) is 22.9 Å². The van der Waals surface area contributed by atoms with Gasteiger partial charge in [-0.25, -0.2) is 16.8 Å². The number of halogens is 2. The van der Waals surface area contributed by atoms with E-state index in [1.807, 2.05) is 0 Å². The van der Waals surface area contributed by atoms with Crippen LogP contribution in [0.1, 0.15) is 22.3 Å². The maximum absolute atomic E-state index is 12.6. The Morgan fingerprint density at radius 3 is 1.32 bits per heavy atom. The smallest absolute Gasteiger partial charge is 0.506 e. The number of nitrogens with one attached hydrogen (secondary N) is 2. The SMILES string of the molecule is CN(CCO)S(=O)(=O)c1ccc2c(c1)C=CC(=O)/C2=N\Nc1cc(Cl)ccc1O.CN(CCO)S(=O)(=O)c1ccc2c(c1)C=CC(=O)/C2=N\Nc1cc(Cl)ccc1O.[Cr].[Na+]. The van der Waals surface area contributed by atoms with Crippen LogP contribution >= 0.6 is 23.2 Å². The molecule has 310 valence electrons. The van der Waals surface area contributed by atoms with Gasteiger partial charge in [0.2, 0.25) is 31.6 Å². The topological polar surface area (TPSA) is 239 Å². The van der Waals surface area contributed by atoms with Crippen LogP contribution in [0.25, 0.3) is 12.2 Å². The normalized spacial score (nSPS) is 14.5. The summed E-state index contributed by atoms with van der Waals surface area (Å²) >= 11 is 11.8. The van der Waals surface area contributed by atoms with Crippen LogP contribution in [0.15, 0.2) is 105 Å². The maximum Gasteiger partial charge on any atom is 1.00 e. The predicted molar refractivity (Wildman–Crippen MR) is 221 cm³/mol. The number of nitrogens with zero attached hydrogens (tertiary/aromatic N) is 4. The Bertz CT molecular complexity index is 2450. The molecule has 0 amide bonds. The molecule has 0 bridgehead atoms. The Kier molecular flexibility index (Phi) is 18.3. The fourth-order valence-electron chi connectivity index (χ4n) is 5.40. The number of ketones is 2. The van der Waals surface area contributed by atoms with Crippen molar-refractivity contribution >= 4 is 89.8 Å². The number of allylic oxidation sites excluding steroid dienone is 2. The monoisotopic (exact) mass is 945 g/mol. The minimum Gasteiger partial charge on any atom is -0.506 e. The summed E-state index contributed by atoms with van der Waals surface area (Å²) < 4.78 is 52.4. The molecule has 2 aliphatic carbocycles. The first-order chi connectivity index (χ1) is 27.5. The standard InChI is InChI=1S/2C19H18ClN3O5S.Cr.Na/c2*1-23(8-9-24)29(27,28)14-4-5-15-12(10-14)2-6-18(26)19(15)22-21-16-11-13(20)3-7-17(16)25;;/h2*2-7,10-11,21,24-25H,8-9H2,1H3;;/q;;;+1/b2*22-19-;;. The number of hydrogen-bond donors (Lipinski definition) is 6. The molecule has 60 heavy (non-hydrogen) atoms. The first-order valence-electron chi connectivity index (χ1n) is 17.0. The molecular formula is C38H36Cl2CrN6NaO10S2+. The van der Waals surface area contributed by atoms with E-state index in [9.17, 15) is 36.6 Å². The number of aromatic hydroxyl groups is 2. The Morgan fingerprint density at radius 1 is 0.600 bits per heavy atom. The number of aliphatic hydroxyl groups excluding tert-OH is 2. The number of hydrogen-bond acceptors (Lipinski definition) is 14. The first-order valence-corrected chi connectivity index (χ1v) is 20.6. The summed E-state index contributed by atoms with van der Waals surface area (Å²) in [7, 11) is -4.81. The van der Waals surface area contributed by atoms with Gasteiger partial charge in [0.05, 0.1) is 34.4 Å². The molecule has 0 aliphatic heterocycles. The van der Waals surface area contributed by atoms with Gasteiger partial charge >= 0.3 is 29.6 Å². The molecule has 0 aromatic heterocycles. The quantitative estimate of drug-likeness (QED) is 0.0667. The number of benzene rings is 4. The van der Waals surface area contributed by atoms with Gasteiger partial charge in [0.15, 0.2) is 0 Å². The van der Waals surface area contributed by atoms with Crippen LogP contribution in [0, 0.1) is 0 Å². The molecule has 0 saturated heterocycles. The van der Waals surface area contributed by atoms with Crippen molar-refractivity contribution in [3.63, 3.8) is 0 Å². The number of phenols is 2. The van der Waals surface area contributed by atoms with Crippen molar-refractivity contribution in [1.29, 1.82) is 0 Å². The molecule has 16 nitrogen and oxygen atoms in total.